The molecular weight excluding hydrogens is 258 g/mol. The van der Waals surface area contributed by atoms with Crippen LogP contribution in [0.3, 0.4) is 0 Å². The Balaban J connectivity index is 2.74. The molecule has 70 valence electrons. The summed E-state index contributed by atoms with van der Waals surface area (Å²) < 4.78 is 2.36. The first-order valence-corrected chi connectivity index (χ1v) is 5.93. The summed E-state index contributed by atoms with van der Waals surface area (Å²) in [6, 6.07) is 6.40. The van der Waals surface area contributed by atoms with Gasteiger partial charge in [0.15, 0.2) is 0 Å². The van der Waals surface area contributed by atoms with Crippen LogP contribution in [0, 0.1) is 18.3 Å². The van der Waals surface area contributed by atoms with Crippen LogP contribution in [0.15, 0.2) is 22.0 Å². The van der Waals surface area contributed by atoms with Crippen LogP contribution >= 0.6 is 27.3 Å². The molecule has 0 aliphatic rings. The maximum atomic E-state index is 8.69. The van der Waals surface area contributed by atoms with E-state index in [0.29, 0.717) is 6.42 Å². The largest absolute Gasteiger partial charge is 0.198 e. The minimum atomic E-state index is 0.502. The Morgan fingerprint density at radius 3 is 3.00 bits per heavy atom. The molecule has 2 rings (SSSR count). The fourth-order valence-electron chi connectivity index (χ4n) is 1.63. The lowest BCUT2D eigenvalue weighted by atomic mass is 10.1. The third-order valence-electron chi connectivity index (χ3n) is 2.18. The monoisotopic (exact) mass is 265 g/mol. The standard InChI is InChI=1S/C11H8BrNS/c1-7-4-9(12)5-10-11(7)8(2-3-13)6-14-10/h4-6H,2H2,1H3. The van der Waals surface area contributed by atoms with Crippen LogP contribution in [0.2, 0.25) is 0 Å². The third kappa shape index (κ3) is 1.56. The number of thiophene rings is 1. The van der Waals surface area contributed by atoms with E-state index in [-0.39, 0.29) is 0 Å². The first-order chi connectivity index (χ1) is 6.72. The van der Waals surface area contributed by atoms with E-state index in [1.54, 1.807) is 11.3 Å². The van der Waals surface area contributed by atoms with E-state index in [9.17, 15) is 0 Å². The summed E-state index contributed by atoms with van der Waals surface area (Å²) in [7, 11) is 0. The molecule has 0 N–H and O–H groups in total. The van der Waals surface area contributed by atoms with Crippen molar-refractivity contribution in [2.45, 2.75) is 13.3 Å². The van der Waals surface area contributed by atoms with E-state index < -0.39 is 0 Å². The summed E-state index contributed by atoms with van der Waals surface area (Å²) in [5, 5.41) is 12.0. The fourth-order valence-corrected chi connectivity index (χ4v) is 3.42. The summed E-state index contributed by atoms with van der Waals surface area (Å²) in [6.07, 6.45) is 0.502. The Hall–Kier alpha value is -0.850. The first kappa shape index (κ1) is 9.70. The maximum absolute atomic E-state index is 8.69. The smallest absolute Gasteiger partial charge is 0.0670 e. The molecule has 0 unspecified atom stereocenters. The van der Waals surface area contributed by atoms with Crippen LogP contribution in [0.5, 0.6) is 0 Å². The highest BCUT2D eigenvalue weighted by atomic mass is 79.9. The summed E-state index contributed by atoms with van der Waals surface area (Å²) >= 11 is 5.17. The molecule has 2 aromatic rings. The minimum Gasteiger partial charge on any atom is -0.198 e. The zero-order chi connectivity index (χ0) is 10.1. The van der Waals surface area contributed by atoms with E-state index in [0.717, 1.165) is 10.0 Å². The van der Waals surface area contributed by atoms with Gasteiger partial charge in [-0.1, -0.05) is 15.9 Å². The number of rotatable bonds is 1. The van der Waals surface area contributed by atoms with E-state index in [4.69, 9.17) is 5.26 Å². The van der Waals surface area contributed by atoms with Crippen molar-refractivity contribution in [3.63, 3.8) is 0 Å². The van der Waals surface area contributed by atoms with Crippen molar-refractivity contribution in [2.24, 2.45) is 0 Å². The second-order valence-electron chi connectivity index (χ2n) is 3.19. The zero-order valence-electron chi connectivity index (χ0n) is 7.67. The number of aryl methyl sites for hydroxylation is 1. The molecular formula is C11H8BrNS. The van der Waals surface area contributed by atoms with Gasteiger partial charge in [-0.15, -0.1) is 11.3 Å². The van der Waals surface area contributed by atoms with Crippen LogP contribution in [-0.2, 0) is 6.42 Å². The molecule has 0 saturated carbocycles. The zero-order valence-corrected chi connectivity index (χ0v) is 10.1. The van der Waals surface area contributed by atoms with Crippen molar-refractivity contribution in [1.29, 1.82) is 5.26 Å². The summed E-state index contributed by atoms with van der Waals surface area (Å²) in [6.45, 7) is 2.08. The Bertz CT molecular complexity index is 522. The quantitative estimate of drug-likeness (QED) is 0.764. The van der Waals surface area contributed by atoms with Gasteiger partial charge >= 0.3 is 0 Å². The summed E-state index contributed by atoms with van der Waals surface area (Å²) in [4.78, 5) is 0. The van der Waals surface area contributed by atoms with E-state index >= 15 is 0 Å². The predicted octanol–water partition coefficient (Wildman–Crippen LogP) is 4.04. The van der Waals surface area contributed by atoms with Gasteiger partial charge in [0, 0.05) is 9.17 Å². The number of nitriles is 1. The van der Waals surface area contributed by atoms with E-state index in [1.807, 2.05) is 0 Å². The van der Waals surface area contributed by atoms with Crippen molar-refractivity contribution in [3.05, 3.63) is 33.1 Å². The number of halogens is 1. The minimum absolute atomic E-state index is 0.502. The first-order valence-electron chi connectivity index (χ1n) is 4.25. The number of nitrogens with zero attached hydrogens (tertiary/aromatic N) is 1. The molecule has 1 aromatic heterocycles. The van der Waals surface area contributed by atoms with Gasteiger partial charge in [-0.2, -0.15) is 5.26 Å². The molecule has 0 radical (unpaired) electrons. The Kier molecular flexibility index (Phi) is 2.58. The molecule has 0 atom stereocenters. The molecule has 1 nitrogen and oxygen atoms in total. The molecule has 1 aromatic carbocycles. The average molecular weight is 266 g/mol. The molecule has 0 amide bonds. The maximum Gasteiger partial charge on any atom is 0.0670 e. The predicted molar refractivity (Wildman–Crippen MR) is 63.6 cm³/mol. The molecule has 14 heavy (non-hydrogen) atoms. The number of hydrogen-bond donors (Lipinski definition) is 0. The molecule has 0 aliphatic carbocycles. The van der Waals surface area contributed by atoms with E-state index in [1.165, 1.54) is 15.6 Å². The topological polar surface area (TPSA) is 23.8 Å². The van der Waals surface area contributed by atoms with Gasteiger partial charge in [-0.25, -0.2) is 0 Å². The Labute approximate surface area is 95.1 Å². The average Bonchev–Trinajstić information content (AvgIpc) is 2.49. The van der Waals surface area contributed by atoms with Crippen LogP contribution in [0.1, 0.15) is 11.1 Å². The molecule has 3 heteroatoms. The van der Waals surface area contributed by atoms with Crippen LogP contribution < -0.4 is 0 Å². The van der Waals surface area contributed by atoms with Crippen LogP contribution in [0.25, 0.3) is 10.1 Å². The molecule has 0 fully saturated rings. The van der Waals surface area contributed by atoms with Crippen molar-refractivity contribution >= 4 is 37.4 Å². The lowest BCUT2D eigenvalue weighted by Gasteiger charge is -1.99. The SMILES string of the molecule is Cc1cc(Br)cc2scc(CC#N)c12. The lowest BCUT2D eigenvalue weighted by Crippen LogP contribution is -1.81. The second kappa shape index (κ2) is 3.72. The van der Waals surface area contributed by atoms with Gasteiger partial charge in [0.2, 0.25) is 0 Å². The van der Waals surface area contributed by atoms with Crippen molar-refractivity contribution in [3.8, 4) is 6.07 Å². The van der Waals surface area contributed by atoms with Crippen molar-refractivity contribution < 1.29 is 0 Å². The Morgan fingerprint density at radius 1 is 1.50 bits per heavy atom. The molecule has 1 heterocycles. The van der Waals surface area contributed by atoms with Crippen molar-refractivity contribution in [2.75, 3.05) is 0 Å². The number of hydrogen-bond acceptors (Lipinski definition) is 2. The van der Waals surface area contributed by atoms with Gasteiger partial charge in [0.1, 0.15) is 0 Å². The Morgan fingerprint density at radius 2 is 2.29 bits per heavy atom. The molecule has 0 saturated heterocycles. The van der Waals surface area contributed by atoms with Gasteiger partial charge in [-0.3, -0.25) is 0 Å². The second-order valence-corrected chi connectivity index (χ2v) is 5.02. The third-order valence-corrected chi connectivity index (χ3v) is 3.62. The summed E-state index contributed by atoms with van der Waals surface area (Å²) in [5.41, 5.74) is 2.39. The highest BCUT2D eigenvalue weighted by Crippen LogP contribution is 2.32. The highest BCUT2D eigenvalue weighted by Gasteiger charge is 2.07. The summed E-state index contributed by atoms with van der Waals surface area (Å²) in [5.74, 6) is 0. The van der Waals surface area contributed by atoms with Crippen molar-refractivity contribution in [1.82, 2.24) is 0 Å². The molecule has 0 spiro atoms. The number of benzene rings is 1. The fraction of sp³-hybridized carbons (Fsp3) is 0.182. The van der Waals surface area contributed by atoms with Gasteiger partial charge < -0.3 is 0 Å². The van der Waals surface area contributed by atoms with Gasteiger partial charge in [0.25, 0.3) is 0 Å². The lowest BCUT2D eigenvalue weighted by molar-refractivity contribution is 1.30. The van der Waals surface area contributed by atoms with Gasteiger partial charge in [-0.05, 0) is 40.9 Å². The van der Waals surface area contributed by atoms with Crippen LogP contribution in [0.4, 0.5) is 0 Å². The molecule has 0 aliphatic heterocycles. The normalized spacial score (nSPS) is 10.4. The van der Waals surface area contributed by atoms with Gasteiger partial charge in [0.05, 0.1) is 12.5 Å². The number of fused-ring (bicyclic) bond motifs is 1. The van der Waals surface area contributed by atoms with E-state index in [2.05, 4.69) is 46.4 Å². The molecule has 0 bridgehead atoms. The highest BCUT2D eigenvalue weighted by molar-refractivity contribution is 9.10. The van der Waals surface area contributed by atoms with Crippen LogP contribution in [-0.4, -0.2) is 0 Å².